The van der Waals surface area contributed by atoms with Gasteiger partial charge in [-0.3, -0.25) is 9.69 Å². The number of methoxy groups -OCH3 is 1. The van der Waals surface area contributed by atoms with Gasteiger partial charge in [0.05, 0.1) is 25.9 Å². The van der Waals surface area contributed by atoms with Crippen LogP contribution in [-0.2, 0) is 21.7 Å². The first kappa shape index (κ1) is 22.6. The first-order valence-corrected chi connectivity index (χ1v) is 11.2. The Hall–Kier alpha value is -2.61. The number of morpholine rings is 1. The Balaban J connectivity index is 1.26. The third-order valence-corrected chi connectivity index (χ3v) is 6.35. The Labute approximate surface area is 189 Å². The molecule has 1 amide bonds. The van der Waals surface area contributed by atoms with Crippen LogP contribution in [0.15, 0.2) is 48.5 Å². The lowest BCUT2D eigenvalue weighted by Gasteiger charge is -2.39. The Kier molecular flexibility index (Phi) is 7.29. The number of carbonyl (C=O) groups is 1. The molecular weight excluding hydrogens is 408 g/mol. The second-order valence-electron chi connectivity index (χ2n) is 8.43. The van der Waals surface area contributed by atoms with E-state index in [-0.39, 0.29) is 12.5 Å². The monoisotopic (exact) mass is 440 g/mol. The second-order valence-corrected chi connectivity index (χ2v) is 8.43. The van der Waals surface area contributed by atoms with Crippen molar-refractivity contribution < 1.29 is 24.1 Å². The lowest BCUT2D eigenvalue weighted by Crippen LogP contribution is -2.43. The zero-order chi connectivity index (χ0) is 22.4. The van der Waals surface area contributed by atoms with Crippen molar-refractivity contribution >= 4 is 5.91 Å². The lowest BCUT2D eigenvalue weighted by atomic mass is 9.84. The maximum absolute atomic E-state index is 12.2. The van der Waals surface area contributed by atoms with Crippen molar-refractivity contribution in [2.75, 3.05) is 53.1 Å². The molecule has 0 spiro atoms. The van der Waals surface area contributed by atoms with Gasteiger partial charge in [-0.2, -0.15) is 0 Å². The first-order chi connectivity index (χ1) is 15.6. The van der Waals surface area contributed by atoms with Gasteiger partial charge in [0.25, 0.3) is 5.91 Å². The molecule has 0 bridgehead atoms. The largest absolute Gasteiger partial charge is 0.496 e. The minimum atomic E-state index is -0.853. The predicted octanol–water partition coefficient (Wildman–Crippen LogP) is 2.42. The number of para-hydroxylation sites is 1. The lowest BCUT2D eigenvalue weighted by molar-refractivity contribution is -0.137. The number of benzene rings is 2. The van der Waals surface area contributed by atoms with Crippen LogP contribution in [-0.4, -0.2) is 73.9 Å². The van der Waals surface area contributed by atoms with Crippen molar-refractivity contribution in [1.29, 1.82) is 0 Å². The third kappa shape index (κ3) is 5.41. The van der Waals surface area contributed by atoms with Crippen LogP contribution in [0.25, 0.3) is 0 Å². The molecule has 1 N–H and O–H groups in total. The van der Waals surface area contributed by atoms with Crippen LogP contribution < -0.4 is 9.47 Å². The van der Waals surface area contributed by atoms with Gasteiger partial charge in [0.15, 0.2) is 6.61 Å². The van der Waals surface area contributed by atoms with Crippen molar-refractivity contribution in [2.45, 2.75) is 25.0 Å². The van der Waals surface area contributed by atoms with Crippen LogP contribution in [0, 0.1) is 0 Å². The molecular formula is C25H32N2O5. The molecule has 0 aliphatic carbocycles. The summed E-state index contributed by atoms with van der Waals surface area (Å²) in [6.07, 6.45) is 1.33. The fourth-order valence-corrected chi connectivity index (χ4v) is 4.38. The highest BCUT2D eigenvalue weighted by atomic mass is 16.5. The number of hydrogen-bond acceptors (Lipinski definition) is 6. The minimum Gasteiger partial charge on any atom is -0.496 e. The summed E-state index contributed by atoms with van der Waals surface area (Å²) < 4.78 is 16.4. The molecule has 2 aliphatic rings. The zero-order valence-corrected chi connectivity index (χ0v) is 18.7. The zero-order valence-electron chi connectivity index (χ0n) is 18.7. The molecule has 2 heterocycles. The van der Waals surface area contributed by atoms with E-state index < -0.39 is 5.60 Å². The molecule has 2 aromatic rings. The Bertz CT molecular complexity index is 887. The van der Waals surface area contributed by atoms with E-state index in [2.05, 4.69) is 4.90 Å². The normalized spacial score (nSPS) is 18.9. The summed E-state index contributed by atoms with van der Waals surface area (Å²) in [6, 6.07) is 15.6. The molecule has 0 aromatic heterocycles. The van der Waals surface area contributed by atoms with Crippen molar-refractivity contribution in [2.24, 2.45) is 0 Å². The van der Waals surface area contributed by atoms with Gasteiger partial charge < -0.3 is 24.2 Å². The highest BCUT2D eigenvalue weighted by Crippen LogP contribution is 2.38. The van der Waals surface area contributed by atoms with Crippen molar-refractivity contribution in [3.63, 3.8) is 0 Å². The fourth-order valence-electron chi connectivity index (χ4n) is 4.38. The molecule has 2 saturated heterocycles. The molecule has 7 nitrogen and oxygen atoms in total. The standard InChI is InChI=1S/C25H32N2O5/c1-30-23-5-3-2-4-22(23)25(29)10-12-26(13-11-25)18-20-6-8-21(9-7-20)32-19-24(28)27-14-16-31-17-15-27/h2-9,29H,10-19H2,1H3. The van der Waals surface area contributed by atoms with E-state index in [0.29, 0.717) is 44.9 Å². The van der Waals surface area contributed by atoms with E-state index in [0.717, 1.165) is 30.9 Å². The van der Waals surface area contributed by atoms with E-state index in [1.54, 1.807) is 12.0 Å². The van der Waals surface area contributed by atoms with E-state index >= 15 is 0 Å². The van der Waals surface area contributed by atoms with Crippen LogP contribution >= 0.6 is 0 Å². The van der Waals surface area contributed by atoms with Crippen molar-refractivity contribution in [1.82, 2.24) is 9.80 Å². The summed E-state index contributed by atoms with van der Waals surface area (Å²) in [5, 5.41) is 11.2. The number of aliphatic hydroxyl groups is 1. The second kappa shape index (κ2) is 10.3. The summed E-state index contributed by atoms with van der Waals surface area (Å²) in [6.45, 7) is 4.91. The van der Waals surface area contributed by atoms with Crippen LogP contribution in [0.1, 0.15) is 24.0 Å². The molecule has 4 rings (SSSR count). The van der Waals surface area contributed by atoms with Gasteiger partial charge in [-0.1, -0.05) is 30.3 Å². The first-order valence-electron chi connectivity index (χ1n) is 11.2. The fraction of sp³-hybridized carbons (Fsp3) is 0.480. The molecule has 2 aromatic carbocycles. The Morgan fingerprint density at radius 1 is 1.03 bits per heavy atom. The number of rotatable bonds is 7. The molecule has 172 valence electrons. The molecule has 7 heteroatoms. The third-order valence-electron chi connectivity index (χ3n) is 6.35. The summed E-state index contributed by atoms with van der Waals surface area (Å²) in [4.78, 5) is 16.3. The molecule has 0 atom stereocenters. The molecule has 32 heavy (non-hydrogen) atoms. The van der Waals surface area contributed by atoms with Crippen molar-refractivity contribution in [3.8, 4) is 11.5 Å². The molecule has 2 fully saturated rings. The van der Waals surface area contributed by atoms with Gasteiger partial charge in [0.1, 0.15) is 11.5 Å². The highest BCUT2D eigenvalue weighted by Gasteiger charge is 2.36. The predicted molar refractivity (Wildman–Crippen MR) is 121 cm³/mol. The SMILES string of the molecule is COc1ccccc1C1(O)CCN(Cc2ccc(OCC(=O)N3CCOCC3)cc2)CC1. The summed E-state index contributed by atoms with van der Waals surface area (Å²) in [7, 11) is 1.64. The number of hydrogen-bond donors (Lipinski definition) is 1. The summed E-state index contributed by atoms with van der Waals surface area (Å²) in [5.41, 5.74) is 1.20. The van der Waals surface area contributed by atoms with Crippen LogP contribution in [0.4, 0.5) is 0 Å². The van der Waals surface area contributed by atoms with E-state index in [4.69, 9.17) is 14.2 Å². The number of likely N-dealkylation sites (tertiary alicyclic amines) is 1. The molecule has 0 saturated carbocycles. The van der Waals surface area contributed by atoms with Crippen LogP contribution in [0.2, 0.25) is 0 Å². The average molecular weight is 441 g/mol. The van der Waals surface area contributed by atoms with Gasteiger partial charge in [-0.25, -0.2) is 0 Å². The number of nitrogens with zero attached hydrogens (tertiary/aromatic N) is 2. The van der Waals surface area contributed by atoms with Gasteiger partial charge in [0, 0.05) is 38.3 Å². The number of ether oxygens (including phenoxy) is 3. The van der Waals surface area contributed by atoms with E-state index in [9.17, 15) is 9.90 Å². The molecule has 2 aliphatic heterocycles. The summed E-state index contributed by atoms with van der Waals surface area (Å²) >= 11 is 0. The van der Waals surface area contributed by atoms with E-state index in [1.807, 2.05) is 48.5 Å². The average Bonchev–Trinajstić information content (AvgIpc) is 2.85. The van der Waals surface area contributed by atoms with Gasteiger partial charge >= 0.3 is 0 Å². The number of piperidine rings is 1. The highest BCUT2D eigenvalue weighted by molar-refractivity contribution is 5.77. The van der Waals surface area contributed by atoms with Crippen LogP contribution in [0.5, 0.6) is 11.5 Å². The van der Waals surface area contributed by atoms with Gasteiger partial charge in [-0.05, 0) is 36.6 Å². The van der Waals surface area contributed by atoms with Crippen LogP contribution in [0.3, 0.4) is 0 Å². The summed E-state index contributed by atoms with van der Waals surface area (Å²) in [5.74, 6) is 1.43. The topological polar surface area (TPSA) is 71.5 Å². The van der Waals surface area contributed by atoms with E-state index in [1.165, 1.54) is 5.56 Å². The maximum atomic E-state index is 12.2. The maximum Gasteiger partial charge on any atom is 0.260 e. The molecule has 0 unspecified atom stereocenters. The number of carbonyl (C=O) groups excluding carboxylic acids is 1. The Morgan fingerprint density at radius 2 is 1.72 bits per heavy atom. The Morgan fingerprint density at radius 3 is 2.41 bits per heavy atom. The quantitative estimate of drug-likeness (QED) is 0.713. The van der Waals surface area contributed by atoms with Crippen molar-refractivity contribution in [3.05, 3.63) is 59.7 Å². The minimum absolute atomic E-state index is 0.00627. The number of amides is 1. The van der Waals surface area contributed by atoms with Gasteiger partial charge in [0.2, 0.25) is 0 Å². The molecule has 0 radical (unpaired) electrons. The smallest absolute Gasteiger partial charge is 0.260 e. The van der Waals surface area contributed by atoms with Gasteiger partial charge in [-0.15, -0.1) is 0 Å².